The number of nitrogens with zero attached hydrogens (tertiary/aromatic N) is 4. The lowest BCUT2D eigenvalue weighted by Gasteiger charge is -2.58. The van der Waals surface area contributed by atoms with Crippen molar-refractivity contribution in [2.24, 2.45) is 11.3 Å². The van der Waals surface area contributed by atoms with Crippen molar-refractivity contribution in [1.29, 1.82) is 0 Å². The molecule has 0 unspecified atom stereocenters. The highest BCUT2D eigenvalue weighted by Crippen LogP contribution is 2.52. The van der Waals surface area contributed by atoms with Crippen LogP contribution in [-0.4, -0.2) is 53.0 Å². The van der Waals surface area contributed by atoms with E-state index in [1.54, 1.807) is 12.4 Å². The molecule has 0 aromatic carbocycles. The van der Waals surface area contributed by atoms with Crippen molar-refractivity contribution in [3.05, 3.63) is 12.4 Å². The van der Waals surface area contributed by atoms with Crippen LogP contribution in [0, 0.1) is 11.3 Å². The van der Waals surface area contributed by atoms with Crippen molar-refractivity contribution in [1.82, 2.24) is 9.97 Å². The molecule has 0 atom stereocenters. The van der Waals surface area contributed by atoms with Crippen molar-refractivity contribution in [3.8, 4) is 0 Å². The summed E-state index contributed by atoms with van der Waals surface area (Å²) >= 11 is 0. The Bertz CT molecular complexity index is 621. The fourth-order valence-corrected chi connectivity index (χ4v) is 3.97. The first kappa shape index (κ1) is 14.4. The summed E-state index contributed by atoms with van der Waals surface area (Å²) < 4.78 is 0. The number of aromatic nitrogens is 2. The molecule has 4 rings (SSSR count). The molecule has 1 N–H and O–H groups in total. The maximum Gasteiger partial charge on any atom is 0.306 e. The average molecular weight is 316 g/mol. The molecule has 122 valence electrons. The number of carbonyl (C=O) groups excluding carboxylic acids is 1. The molecule has 3 heterocycles. The zero-order chi connectivity index (χ0) is 16.0. The van der Waals surface area contributed by atoms with Gasteiger partial charge in [0.05, 0.1) is 18.3 Å². The van der Waals surface area contributed by atoms with Crippen LogP contribution in [0.4, 0.5) is 11.6 Å². The highest BCUT2D eigenvalue weighted by molar-refractivity contribution is 5.80. The third-order valence-corrected chi connectivity index (χ3v) is 5.35. The predicted octanol–water partition coefficient (Wildman–Crippen LogP) is 0.947. The smallest absolute Gasteiger partial charge is 0.306 e. The van der Waals surface area contributed by atoms with Crippen molar-refractivity contribution < 1.29 is 14.7 Å². The molecule has 2 aliphatic heterocycles. The molecular formula is C16H20N4O3. The quantitative estimate of drug-likeness (QED) is 0.888. The highest BCUT2D eigenvalue weighted by Gasteiger charge is 2.54. The van der Waals surface area contributed by atoms with E-state index < -0.39 is 5.97 Å². The Morgan fingerprint density at radius 2 is 1.65 bits per heavy atom. The first-order valence-corrected chi connectivity index (χ1v) is 8.11. The Labute approximate surface area is 134 Å². The molecule has 0 amide bonds. The second kappa shape index (κ2) is 5.18. The van der Waals surface area contributed by atoms with Gasteiger partial charge in [-0.15, -0.1) is 0 Å². The lowest BCUT2D eigenvalue weighted by molar-refractivity contribution is -0.151. The van der Waals surface area contributed by atoms with Crippen LogP contribution in [0.1, 0.15) is 25.7 Å². The van der Waals surface area contributed by atoms with Gasteiger partial charge in [0.1, 0.15) is 17.4 Å². The van der Waals surface area contributed by atoms with Crippen molar-refractivity contribution in [2.45, 2.75) is 25.7 Å². The first-order chi connectivity index (χ1) is 11.0. The number of Topliss-reactive ketones (excluding diaryl/α,β-unsaturated/α-hetero) is 1. The molecule has 1 aliphatic carbocycles. The number of carbonyl (C=O) groups is 2. The van der Waals surface area contributed by atoms with Gasteiger partial charge < -0.3 is 14.9 Å². The van der Waals surface area contributed by atoms with E-state index in [9.17, 15) is 9.59 Å². The predicted molar refractivity (Wildman–Crippen MR) is 83.5 cm³/mol. The van der Waals surface area contributed by atoms with Gasteiger partial charge in [-0.1, -0.05) is 0 Å². The van der Waals surface area contributed by atoms with Gasteiger partial charge in [0.15, 0.2) is 0 Å². The Hall–Kier alpha value is -2.18. The highest BCUT2D eigenvalue weighted by atomic mass is 16.4. The van der Waals surface area contributed by atoms with Gasteiger partial charge in [-0.05, 0) is 12.8 Å². The normalized spacial score (nSPS) is 23.6. The van der Waals surface area contributed by atoms with Gasteiger partial charge >= 0.3 is 5.97 Å². The summed E-state index contributed by atoms with van der Waals surface area (Å²) in [5.74, 6) is 1.17. The summed E-state index contributed by atoms with van der Waals surface area (Å²) in [6.07, 6.45) is 6.30. The number of piperidine rings is 1. The number of ketones is 1. The fourth-order valence-electron chi connectivity index (χ4n) is 3.97. The van der Waals surface area contributed by atoms with Crippen molar-refractivity contribution in [3.63, 3.8) is 0 Å². The molecular weight excluding hydrogens is 296 g/mol. The first-order valence-electron chi connectivity index (χ1n) is 8.11. The average Bonchev–Trinajstić information content (AvgIpc) is 2.45. The van der Waals surface area contributed by atoms with Gasteiger partial charge in [-0.3, -0.25) is 9.59 Å². The van der Waals surface area contributed by atoms with Crippen LogP contribution >= 0.6 is 0 Å². The van der Waals surface area contributed by atoms with E-state index in [0.29, 0.717) is 18.6 Å². The minimum absolute atomic E-state index is 0.160. The minimum Gasteiger partial charge on any atom is -0.481 e. The summed E-state index contributed by atoms with van der Waals surface area (Å²) in [5.41, 5.74) is 0.191. The number of hydrogen-bond acceptors (Lipinski definition) is 6. The Kier molecular flexibility index (Phi) is 3.25. The van der Waals surface area contributed by atoms with E-state index >= 15 is 0 Å². The summed E-state index contributed by atoms with van der Waals surface area (Å²) in [6.45, 7) is 3.19. The third-order valence-electron chi connectivity index (χ3n) is 5.35. The summed E-state index contributed by atoms with van der Waals surface area (Å²) in [4.78, 5) is 35.4. The van der Waals surface area contributed by atoms with Crippen molar-refractivity contribution in [2.75, 3.05) is 36.0 Å². The Morgan fingerprint density at radius 1 is 1.09 bits per heavy atom. The summed E-state index contributed by atoms with van der Waals surface area (Å²) in [6, 6.07) is 0. The molecule has 1 aromatic rings. The third kappa shape index (κ3) is 2.54. The molecule has 23 heavy (non-hydrogen) atoms. The molecule has 0 radical (unpaired) electrons. The number of aliphatic carboxylic acids is 1. The number of anilines is 2. The summed E-state index contributed by atoms with van der Waals surface area (Å²) in [5, 5.41) is 8.98. The summed E-state index contributed by atoms with van der Waals surface area (Å²) in [7, 11) is 0. The molecule has 7 heteroatoms. The van der Waals surface area contributed by atoms with Gasteiger partial charge in [-0.25, -0.2) is 9.97 Å². The van der Waals surface area contributed by atoms with E-state index in [1.807, 2.05) is 0 Å². The van der Waals surface area contributed by atoms with Gasteiger partial charge in [-0.2, -0.15) is 0 Å². The zero-order valence-corrected chi connectivity index (χ0v) is 12.9. The SMILES string of the molecule is O=C1CCN(c2cnc(N3CC4(CC(C(=O)O)C4)C3)cn2)CC1. The van der Waals surface area contributed by atoms with Gasteiger partial charge in [0.25, 0.3) is 0 Å². The van der Waals surface area contributed by atoms with Crippen LogP contribution in [-0.2, 0) is 9.59 Å². The van der Waals surface area contributed by atoms with Crippen LogP contribution in [0.15, 0.2) is 12.4 Å². The van der Waals surface area contributed by atoms with Crippen LogP contribution < -0.4 is 9.80 Å². The zero-order valence-electron chi connectivity index (χ0n) is 12.9. The number of rotatable bonds is 3. The maximum absolute atomic E-state index is 11.3. The van der Waals surface area contributed by atoms with Gasteiger partial charge in [0, 0.05) is 44.4 Å². The fraction of sp³-hybridized carbons (Fsp3) is 0.625. The van der Waals surface area contributed by atoms with Crippen LogP contribution in [0.3, 0.4) is 0 Å². The van der Waals surface area contributed by atoms with E-state index in [-0.39, 0.29) is 11.3 Å². The largest absolute Gasteiger partial charge is 0.481 e. The molecule has 1 aromatic heterocycles. The molecule has 0 bridgehead atoms. The van der Waals surface area contributed by atoms with E-state index in [4.69, 9.17) is 5.11 Å². The number of carboxylic acids is 1. The van der Waals surface area contributed by atoms with Crippen LogP contribution in [0.2, 0.25) is 0 Å². The van der Waals surface area contributed by atoms with E-state index in [0.717, 1.165) is 50.7 Å². The molecule has 3 fully saturated rings. The molecule has 2 saturated heterocycles. The molecule has 1 saturated carbocycles. The number of carboxylic acid groups (broad SMARTS) is 1. The van der Waals surface area contributed by atoms with Gasteiger partial charge in [0.2, 0.25) is 0 Å². The second-order valence-corrected chi connectivity index (χ2v) is 7.06. The standard InChI is InChI=1S/C16H20N4O3/c21-12-1-3-19(4-2-12)13-7-18-14(8-17-13)20-9-16(10-20)5-11(6-16)15(22)23/h7-8,11H,1-6,9-10H2,(H,22,23). The van der Waals surface area contributed by atoms with E-state index in [1.165, 1.54) is 0 Å². The molecule has 7 nitrogen and oxygen atoms in total. The number of hydrogen-bond donors (Lipinski definition) is 1. The molecule has 1 spiro atoms. The Morgan fingerprint density at radius 3 is 2.17 bits per heavy atom. The van der Waals surface area contributed by atoms with E-state index in [2.05, 4.69) is 19.8 Å². The lowest BCUT2D eigenvalue weighted by Crippen LogP contribution is -2.63. The second-order valence-electron chi connectivity index (χ2n) is 7.06. The monoisotopic (exact) mass is 316 g/mol. The minimum atomic E-state index is -0.668. The molecule has 3 aliphatic rings. The Balaban J connectivity index is 1.33. The lowest BCUT2D eigenvalue weighted by atomic mass is 9.58. The maximum atomic E-state index is 11.3. The van der Waals surface area contributed by atoms with Crippen LogP contribution in [0.25, 0.3) is 0 Å². The van der Waals surface area contributed by atoms with Crippen LogP contribution in [0.5, 0.6) is 0 Å². The van der Waals surface area contributed by atoms with Crippen molar-refractivity contribution >= 4 is 23.4 Å². The topological polar surface area (TPSA) is 86.6 Å².